The number of rotatable bonds is 0. The average Bonchev–Trinajstić information content (AvgIpc) is 2.01. The van der Waals surface area contributed by atoms with Gasteiger partial charge in [0.15, 0.2) is 0 Å². The molecule has 59 valence electrons. The van der Waals surface area contributed by atoms with Crippen LogP contribution in [0, 0.1) is 0 Å². The zero-order chi connectivity index (χ0) is 7.07. The fourth-order valence-electron chi connectivity index (χ4n) is 1.26. The Morgan fingerprint density at radius 3 is 2.40 bits per heavy atom. The molecular weight excluding hydrogens is 124 g/mol. The molecule has 1 rings (SSSR count). The fraction of sp³-hybridized carbons (Fsp3) is 1.00. The molecule has 0 saturated carbocycles. The van der Waals surface area contributed by atoms with Gasteiger partial charge in [-0.3, -0.25) is 0 Å². The van der Waals surface area contributed by atoms with E-state index in [0.717, 1.165) is 13.1 Å². The lowest BCUT2D eigenvalue weighted by Crippen LogP contribution is -2.26. The lowest BCUT2D eigenvalue weighted by molar-refractivity contribution is 0.453. The van der Waals surface area contributed by atoms with Crippen molar-refractivity contribution in [2.45, 2.75) is 38.5 Å². The van der Waals surface area contributed by atoms with E-state index in [0.29, 0.717) is 0 Å². The molecule has 1 radical (unpaired) electrons. The fourth-order valence-corrected chi connectivity index (χ4v) is 1.26. The highest BCUT2D eigenvalue weighted by Gasteiger charge is 1.95. The second-order valence-electron chi connectivity index (χ2n) is 2.91. The Bertz CT molecular complexity index is 40.4. The molecule has 1 aliphatic rings. The van der Waals surface area contributed by atoms with Gasteiger partial charge in [0.25, 0.3) is 0 Å². The summed E-state index contributed by atoms with van der Waals surface area (Å²) in [5.74, 6) is 0. The van der Waals surface area contributed by atoms with Crippen molar-refractivity contribution in [3.8, 4) is 0 Å². The van der Waals surface area contributed by atoms with Gasteiger partial charge in [-0.15, -0.1) is 0 Å². The normalized spacial score (nSPS) is 24.0. The summed E-state index contributed by atoms with van der Waals surface area (Å²) in [5, 5.41) is 0. The van der Waals surface area contributed by atoms with Gasteiger partial charge < -0.3 is 0 Å². The molecule has 1 saturated heterocycles. The molecule has 0 aromatic carbocycles. The molecule has 0 aliphatic carbocycles. The number of nitrogens with zero attached hydrogens (tertiary/aromatic N) is 1. The van der Waals surface area contributed by atoms with Crippen LogP contribution < -0.4 is 10.9 Å². The maximum absolute atomic E-state index is 4.18. The standard InChI is InChI=1S/C8H17N2/c1-2-4-6-8-10-9-7-5-3-1/h9H,1-8H2. The van der Waals surface area contributed by atoms with Crippen LogP contribution >= 0.6 is 0 Å². The van der Waals surface area contributed by atoms with Gasteiger partial charge in [0, 0.05) is 13.1 Å². The molecule has 0 spiro atoms. The summed E-state index contributed by atoms with van der Waals surface area (Å²) in [4.78, 5) is 0. The van der Waals surface area contributed by atoms with Gasteiger partial charge in [0.1, 0.15) is 0 Å². The van der Waals surface area contributed by atoms with Crippen LogP contribution in [0.15, 0.2) is 0 Å². The lowest BCUT2D eigenvalue weighted by Gasteiger charge is -2.07. The van der Waals surface area contributed by atoms with E-state index >= 15 is 0 Å². The summed E-state index contributed by atoms with van der Waals surface area (Å²) in [6.45, 7) is 2.10. The maximum atomic E-state index is 4.18. The number of nitrogens with one attached hydrogen (secondary N) is 1. The molecule has 10 heavy (non-hydrogen) atoms. The zero-order valence-corrected chi connectivity index (χ0v) is 6.60. The molecule has 0 bridgehead atoms. The van der Waals surface area contributed by atoms with Crippen molar-refractivity contribution in [1.82, 2.24) is 10.9 Å². The highest BCUT2D eigenvalue weighted by molar-refractivity contribution is 4.51. The minimum Gasteiger partial charge on any atom is -0.240 e. The molecule has 0 aromatic heterocycles. The van der Waals surface area contributed by atoms with Crippen molar-refractivity contribution in [3.63, 3.8) is 0 Å². The summed E-state index contributed by atoms with van der Waals surface area (Å²) < 4.78 is 0. The van der Waals surface area contributed by atoms with Crippen LogP contribution in [0.3, 0.4) is 0 Å². The second-order valence-corrected chi connectivity index (χ2v) is 2.91. The minimum absolute atomic E-state index is 1.01. The Balaban J connectivity index is 2.00. The SMILES string of the molecule is C1CCCCN[N]CCC1. The first-order valence-electron chi connectivity index (χ1n) is 4.39. The van der Waals surface area contributed by atoms with Gasteiger partial charge in [-0.1, -0.05) is 25.7 Å². The molecule has 1 heterocycles. The first kappa shape index (κ1) is 8.02. The quantitative estimate of drug-likeness (QED) is 0.543. The summed E-state index contributed by atoms with van der Waals surface area (Å²) in [7, 11) is 0. The first-order valence-corrected chi connectivity index (χ1v) is 4.39. The van der Waals surface area contributed by atoms with Crippen molar-refractivity contribution >= 4 is 0 Å². The number of hydrogen-bond acceptors (Lipinski definition) is 1. The van der Waals surface area contributed by atoms with Gasteiger partial charge in [-0.05, 0) is 12.8 Å². The van der Waals surface area contributed by atoms with E-state index in [1.807, 2.05) is 0 Å². The Kier molecular flexibility index (Phi) is 4.56. The first-order chi connectivity index (χ1) is 5.00. The van der Waals surface area contributed by atoms with Crippen molar-refractivity contribution in [1.29, 1.82) is 0 Å². The molecule has 2 heteroatoms. The van der Waals surface area contributed by atoms with Crippen molar-refractivity contribution in [3.05, 3.63) is 0 Å². The minimum atomic E-state index is 1.01. The molecule has 1 fully saturated rings. The van der Waals surface area contributed by atoms with Crippen molar-refractivity contribution in [2.75, 3.05) is 13.1 Å². The number of hydrogen-bond donors (Lipinski definition) is 1. The van der Waals surface area contributed by atoms with Crippen LogP contribution in [-0.4, -0.2) is 13.1 Å². The summed E-state index contributed by atoms with van der Waals surface area (Å²) in [6.07, 6.45) is 8.14. The van der Waals surface area contributed by atoms with Gasteiger partial charge in [-0.25, -0.2) is 5.43 Å². The van der Waals surface area contributed by atoms with E-state index in [1.54, 1.807) is 0 Å². The summed E-state index contributed by atoms with van der Waals surface area (Å²) in [6, 6.07) is 0. The molecule has 0 aromatic rings. The summed E-state index contributed by atoms with van der Waals surface area (Å²) >= 11 is 0. The monoisotopic (exact) mass is 141 g/mol. The third-order valence-electron chi connectivity index (χ3n) is 1.92. The highest BCUT2D eigenvalue weighted by atomic mass is 15.3. The van der Waals surface area contributed by atoms with E-state index in [-0.39, 0.29) is 0 Å². The zero-order valence-electron chi connectivity index (χ0n) is 6.60. The molecule has 0 atom stereocenters. The average molecular weight is 141 g/mol. The molecule has 0 unspecified atom stereocenters. The molecule has 1 N–H and O–H groups in total. The molecule has 2 nitrogen and oxygen atoms in total. The van der Waals surface area contributed by atoms with Gasteiger partial charge >= 0.3 is 0 Å². The predicted molar refractivity (Wildman–Crippen MR) is 42.7 cm³/mol. The van der Waals surface area contributed by atoms with Crippen molar-refractivity contribution < 1.29 is 0 Å². The summed E-state index contributed by atoms with van der Waals surface area (Å²) in [5.41, 5.74) is 7.26. The Morgan fingerprint density at radius 2 is 1.50 bits per heavy atom. The van der Waals surface area contributed by atoms with Gasteiger partial charge in [0.05, 0.1) is 0 Å². The third kappa shape index (κ3) is 3.85. The Hall–Kier alpha value is -0.0800. The Morgan fingerprint density at radius 1 is 0.800 bits per heavy atom. The molecule has 0 amide bonds. The lowest BCUT2D eigenvalue weighted by atomic mass is 10.1. The largest absolute Gasteiger partial charge is 0.240 e. The topological polar surface area (TPSA) is 26.1 Å². The van der Waals surface area contributed by atoms with E-state index in [4.69, 9.17) is 0 Å². The van der Waals surface area contributed by atoms with Crippen LogP contribution in [-0.2, 0) is 0 Å². The predicted octanol–water partition coefficient (Wildman–Crippen LogP) is 1.45. The van der Waals surface area contributed by atoms with Crippen molar-refractivity contribution in [2.24, 2.45) is 0 Å². The van der Waals surface area contributed by atoms with E-state index in [1.165, 1.54) is 38.5 Å². The highest BCUT2D eigenvalue weighted by Crippen LogP contribution is 2.05. The molecule has 1 aliphatic heterocycles. The van der Waals surface area contributed by atoms with Crippen LogP contribution in [0.5, 0.6) is 0 Å². The molecular formula is C8H17N2. The van der Waals surface area contributed by atoms with Crippen LogP contribution in [0.1, 0.15) is 38.5 Å². The smallest absolute Gasteiger partial charge is 0.0304 e. The third-order valence-corrected chi connectivity index (χ3v) is 1.92. The Labute approximate surface area is 63.4 Å². The van der Waals surface area contributed by atoms with E-state index < -0.39 is 0 Å². The van der Waals surface area contributed by atoms with Crippen LogP contribution in [0.2, 0.25) is 0 Å². The van der Waals surface area contributed by atoms with Crippen LogP contribution in [0.4, 0.5) is 0 Å². The van der Waals surface area contributed by atoms with E-state index in [9.17, 15) is 0 Å². The van der Waals surface area contributed by atoms with Crippen LogP contribution in [0.25, 0.3) is 0 Å². The van der Waals surface area contributed by atoms with Gasteiger partial charge in [-0.2, -0.15) is 5.43 Å². The van der Waals surface area contributed by atoms with E-state index in [2.05, 4.69) is 10.9 Å². The second kappa shape index (κ2) is 5.69. The maximum Gasteiger partial charge on any atom is 0.0304 e. The van der Waals surface area contributed by atoms with Gasteiger partial charge in [0.2, 0.25) is 0 Å².